The van der Waals surface area contributed by atoms with Crippen LogP contribution in [-0.4, -0.2) is 43.2 Å². The number of rotatable bonds is 8. The van der Waals surface area contributed by atoms with E-state index in [-0.39, 0.29) is 11.3 Å². The normalized spacial score (nSPS) is 24.3. The zero-order valence-corrected chi connectivity index (χ0v) is 17.2. The van der Waals surface area contributed by atoms with Crippen LogP contribution in [-0.2, 0) is 16.6 Å². The smallest absolute Gasteiger partial charge is 0.248 e. The van der Waals surface area contributed by atoms with Crippen LogP contribution in [0.5, 0.6) is 0 Å². The summed E-state index contributed by atoms with van der Waals surface area (Å²) in [5.41, 5.74) is 8.99. The van der Waals surface area contributed by atoms with Crippen molar-refractivity contribution in [3.8, 4) is 0 Å². The molecule has 0 spiro atoms. The molecule has 2 atom stereocenters. The summed E-state index contributed by atoms with van der Waals surface area (Å²) in [5.74, 6) is -0.333. The van der Waals surface area contributed by atoms with Crippen LogP contribution in [0.25, 0.3) is 0 Å². The van der Waals surface area contributed by atoms with Crippen molar-refractivity contribution in [3.63, 3.8) is 0 Å². The first-order chi connectivity index (χ1) is 14.2. The van der Waals surface area contributed by atoms with Gasteiger partial charge in [0.15, 0.2) is 0 Å². The van der Waals surface area contributed by atoms with Crippen LogP contribution in [0, 0.1) is 0 Å². The molecule has 2 unspecified atom stereocenters. The maximum atomic E-state index is 11.6. The van der Waals surface area contributed by atoms with Crippen molar-refractivity contribution in [2.45, 2.75) is 50.0 Å². The number of hydrogen-bond donors (Lipinski definition) is 1. The lowest BCUT2D eigenvalue weighted by Gasteiger charge is -2.51. The zero-order chi connectivity index (χ0) is 20.1. The Bertz CT molecular complexity index is 823. The molecule has 1 heterocycles. The van der Waals surface area contributed by atoms with Crippen molar-refractivity contribution < 1.29 is 9.53 Å². The second-order valence-corrected chi connectivity index (χ2v) is 8.61. The van der Waals surface area contributed by atoms with Gasteiger partial charge in [0.1, 0.15) is 0 Å². The summed E-state index contributed by atoms with van der Waals surface area (Å²) in [6.45, 7) is 3.70. The van der Waals surface area contributed by atoms with E-state index in [2.05, 4.69) is 41.3 Å². The van der Waals surface area contributed by atoms with Gasteiger partial charge >= 0.3 is 0 Å². The molecule has 1 aliphatic heterocycles. The summed E-state index contributed by atoms with van der Waals surface area (Å²) < 4.78 is 5.94. The van der Waals surface area contributed by atoms with E-state index >= 15 is 0 Å². The largest absolute Gasteiger partial charge is 0.380 e. The highest BCUT2D eigenvalue weighted by molar-refractivity contribution is 5.92. The summed E-state index contributed by atoms with van der Waals surface area (Å²) in [4.78, 5) is 14.2. The Morgan fingerprint density at radius 2 is 1.97 bits per heavy atom. The lowest BCUT2D eigenvalue weighted by Crippen LogP contribution is -2.52. The highest BCUT2D eigenvalue weighted by atomic mass is 16.5. The molecule has 1 aliphatic carbocycles. The molecule has 1 amide bonds. The van der Waals surface area contributed by atoms with Gasteiger partial charge in [-0.2, -0.15) is 0 Å². The molecule has 0 radical (unpaired) electrons. The number of piperidine rings is 1. The zero-order valence-electron chi connectivity index (χ0n) is 17.2. The molecule has 4 nitrogen and oxygen atoms in total. The van der Waals surface area contributed by atoms with Crippen LogP contribution >= 0.6 is 0 Å². The quantitative estimate of drug-likeness (QED) is 0.693. The van der Waals surface area contributed by atoms with Gasteiger partial charge in [0.2, 0.25) is 5.91 Å². The Labute approximate surface area is 174 Å². The van der Waals surface area contributed by atoms with Crippen molar-refractivity contribution in [2.24, 2.45) is 5.73 Å². The van der Waals surface area contributed by atoms with Crippen molar-refractivity contribution in [3.05, 3.63) is 71.3 Å². The van der Waals surface area contributed by atoms with Gasteiger partial charge in [-0.05, 0) is 67.3 Å². The van der Waals surface area contributed by atoms with Crippen LogP contribution in [0.3, 0.4) is 0 Å². The molecule has 1 saturated heterocycles. The van der Waals surface area contributed by atoms with E-state index in [1.807, 2.05) is 18.2 Å². The average molecular weight is 393 g/mol. The second kappa shape index (κ2) is 9.10. The van der Waals surface area contributed by atoms with Crippen molar-refractivity contribution in [1.82, 2.24) is 4.90 Å². The fourth-order valence-corrected chi connectivity index (χ4v) is 5.23. The number of primary amides is 1. The molecule has 2 aromatic carbocycles. The van der Waals surface area contributed by atoms with Gasteiger partial charge in [-0.15, -0.1) is 0 Å². The molecule has 2 bridgehead atoms. The number of nitrogens with zero attached hydrogens (tertiary/aromatic N) is 1. The van der Waals surface area contributed by atoms with E-state index in [1.54, 1.807) is 0 Å². The van der Waals surface area contributed by atoms with Gasteiger partial charge in [-0.1, -0.05) is 48.9 Å². The molecular formula is C25H32N2O2. The number of hydrogen-bond acceptors (Lipinski definition) is 3. The van der Waals surface area contributed by atoms with Crippen LogP contribution < -0.4 is 5.73 Å². The maximum Gasteiger partial charge on any atom is 0.248 e. The number of carbonyl (C=O) groups excluding carboxylic acids is 1. The first kappa shape index (κ1) is 20.1. The molecule has 2 aliphatic rings. The van der Waals surface area contributed by atoms with E-state index < -0.39 is 0 Å². The molecule has 2 N–H and O–H groups in total. The van der Waals surface area contributed by atoms with E-state index in [9.17, 15) is 4.79 Å². The average Bonchev–Trinajstić information content (AvgIpc) is 2.76. The van der Waals surface area contributed by atoms with Gasteiger partial charge in [0.25, 0.3) is 0 Å². The molecule has 2 aromatic rings. The molecule has 154 valence electrons. The Kier molecular flexibility index (Phi) is 6.31. The molecule has 0 aromatic heterocycles. The van der Waals surface area contributed by atoms with Gasteiger partial charge in [-0.3, -0.25) is 9.69 Å². The topological polar surface area (TPSA) is 55.6 Å². The lowest BCUT2D eigenvalue weighted by atomic mass is 9.63. The minimum Gasteiger partial charge on any atom is -0.380 e. The molecule has 4 heteroatoms. The third kappa shape index (κ3) is 4.71. The first-order valence-corrected chi connectivity index (χ1v) is 10.9. The van der Waals surface area contributed by atoms with Crippen LogP contribution in [0.4, 0.5) is 0 Å². The lowest BCUT2D eigenvalue weighted by molar-refractivity contribution is 0.0245. The molecule has 29 heavy (non-hydrogen) atoms. The van der Waals surface area contributed by atoms with Crippen LogP contribution in [0.1, 0.15) is 53.6 Å². The monoisotopic (exact) mass is 392 g/mol. The Balaban J connectivity index is 1.30. The summed E-state index contributed by atoms with van der Waals surface area (Å²) in [6, 6.07) is 19.2. The van der Waals surface area contributed by atoms with Gasteiger partial charge in [-0.25, -0.2) is 0 Å². The first-order valence-electron chi connectivity index (χ1n) is 10.9. The fourth-order valence-electron chi connectivity index (χ4n) is 5.23. The molecule has 2 fully saturated rings. The standard InChI is InChI=1S/C25H32N2O2/c26-24(28)21-8-4-9-22(18-21)25-12-5-10-23(19-25)27(14-13-25)15-17-29-16-11-20-6-2-1-3-7-20/h1-4,6-9,18,23H,5,10-17,19H2,(H2,26,28). The van der Waals surface area contributed by atoms with Gasteiger partial charge < -0.3 is 10.5 Å². The Morgan fingerprint density at radius 3 is 2.79 bits per heavy atom. The van der Waals surface area contributed by atoms with Crippen LogP contribution in [0.2, 0.25) is 0 Å². The van der Waals surface area contributed by atoms with Gasteiger partial charge in [0, 0.05) is 18.2 Å². The SMILES string of the molecule is NC(=O)c1cccc(C23CCCC(C2)N(CCOCCc2ccccc2)CC3)c1. The highest BCUT2D eigenvalue weighted by Crippen LogP contribution is 2.47. The number of likely N-dealkylation sites (tertiary alicyclic amines) is 1. The Hall–Kier alpha value is -2.17. The third-order valence-electron chi connectivity index (χ3n) is 6.87. The predicted molar refractivity (Wildman–Crippen MR) is 116 cm³/mol. The Morgan fingerprint density at radius 1 is 1.10 bits per heavy atom. The van der Waals surface area contributed by atoms with Crippen LogP contribution in [0.15, 0.2) is 54.6 Å². The van der Waals surface area contributed by atoms with E-state index in [4.69, 9.17) is 10.5 Å². The minimum absolute atomic E-state index is 0.207. The molecule has 4 rings (SSSR count). The summed E-state index contributed by atoms with van der Waals surface area (Å²) in [6.07, 6.45) is 7.03. The van der Waals surface area contributed by atoms with Crippen molar-refractivity contribution >= 4 is 5.91 Å². The number of benzene rings is 2. The molecule has 1 saturated carbocycles. The maximum absolute atomic E-state index is 11.6. The summed E-state index contributed by atoms with van der Waals surface area (Å²) in [5, 5.41) is 0. The van der Waals surface area contributed by atoms with E-state index in [1.165, 1.54) is 36.8 Å². The molecular weight excluding hydrogens is 360 g/mol. The number of amides is 1. The van der Waals surface area contributed by atoms with E-state index in [0.717, 1.165) is 39.1 Å². The third-order valence-corrected chi connectivity index (χ3v) is 6.87. The highest BCUT2D eigenvalue weighted by Gasteiger charge is 2.43. The van der Waals surface area contributed by atoms with Crippen molar-refractivity contribution in [2.75, 3.05) is 26.3 Å². The van der Waals surface area contributed by atoms with E-state index in [0.29, 0.717) is 11.6 Å². The number of ether oxygens (including phenoxy) is 1. The summed E-state index contributed by atoms with van der Waals surface area (Å²) >= 11 is 0. The predicted octanol–water partition coefficient (Wildman–Crippen LogP) is 3.93. The number of fused-ring (bicyclic) bond motifs is 2. The second-order valence-electron chi connectivity index (χ2n) is 8.61. The summed E-state index contributed by atoms with van der Waals surface area (Å²) in [7, 11) is 0. The fraction of sp³-hybridized carbons (Fsp3) is 0.480. The number of carbonyl (C=O) groups is 1. The number of nitrogens with two attached hydrogens (primary N) is 1. The minimum atomic E-state index is -0.333. The van der Waals surface area contributed by atoms with Gasteiger partial charge in [0.05, 0.1) is 13.2 Å². The van der Waals surface area contributed by atoms with Crippen molar-refractivity contribution in [1.29, 1.82) is 0 Å².